The van der Waals surface area contributed by atoms with Crippen LogP contribution in [0, 0.1) is 11.2 Å². The Hall–Kier alpha value is -2.11. The van der Waals surface area contributed by atoms with Crippen LogP contribution in [-0.2, 0) is 4.79 Å². The fourth-order valence-corrected chi connectivity index (χ4v) is 2.24. The lowest BCUT2D eigenvalue weighted by Gasteiger charge is -2.37. The van der Waals surface area contributed by atoms with Crippen molar-refractivity contribution in [1.82, 2.24) is 5.32 Å². The lowest BCUT2D eigenvalue weighted by Crippen LogP contribution is -2.50. The first-order valence-corrected chi connectivity index (χ1v) is 6.45. The smallest absolute Gasteiger partial charge is 0.321 e. The molecular formula is C14H17FN2O3. The van der Waals surface area contributed by atoms with E-state index in [1.165, 1.54) is 30.1 Å². The van der Waals surface area contributed by atoms with Crippen LogP contribution in [0.4, 0.5) is 14.9 Å². The molecule has 1 fully saturated rings. The first-order chi connectivity index (χ1) is 9.44. The summed E-state index contributed by atoms with van der Waals surface area (Å²) in [5, 5.41) is 11.8. The molecule has 1 aliphatic carbocycles. The minimum absolute atomic E-state index is 0.0980. The number of hydrogen-bond donors (Lipinski definition) is 2. The molecule has 6 heteroatoms. The minimum atomic E-state index is -0.877. The van der Waals surface area contributed by atoms with E-state index in [0.717, 1.165) is 6.42 Å². The third kappa shape index (κ3) is 2.74. The average molecular weight is 280 g/mol. The van der Waals surface area contributed by atoms with Crippen molar-refractivity contribution in [2.24, 2.45) is 5.41 Å². The molecule has 1 aliphatic rings. The van der Waals surface area contributed by atoms with Crippen molar-refractivity contribution in [3.05, 3.63) is 30.1 Å². The van der Waals surface area contributed by atoms with Gasteiger partial charge in [0.05, 0.1) is 5.41 Å². The number of carbonyl (C=O) groups is 2. The Balaban J connectivity index is 1.96. The van der Waals surface area contributed by atoms with Gasteiger partial charge in [0.1, 0.15) is 5.82 Å². The predicted molar refractivity (Wildman–Crippen MR) is 72.1 cm³/mol. The summed E-state index contributed by atoms with van der Waals surface area (Å²) in [6, 6.07) is 5.22. The third-order valence-corrected chi connectivity index (χ3v) is 3.84. The van der Waals surface area contributed by atoms with Gasteiger partial charge in [-0.05, 0) is 31.0 Å². The minimum Gasteiger partial charge on any atom is -0.481 e. The first kappa shape index (κ1) is 14.3. The molecule has 108 valence electrons. The number of urea groups is 1. The van der Waals surface area contributed by atoms with Gasteiger partial charge in [-0.25, -0.2) is 9.18 Å². The number of hydrogen-bond acceptors (Lipinski definition) is 2. The van der Waals surface area contributed by atoms with E-state index >= 15 is 0 Å². The fraction of sp³-hybridized carbons (Fsp3) is 0.429. The van der Waals surface area contributed by atoms with Gasteiger partial charge in [-0.3, -0.25) is 9.69 Å². The maximum Gasteiger partial charge on any atom is 0.321 e. The van der Waals surface area contributed by atoms with Crippen molar-refractivity contribution in [2.75, 3.05) is 18.5 Å². The molecule has 5 nitrogen and oxygen atoms in total. The Bertz CT molecular complexity index is 529. The maximum absolute atomic E-state index is 13.1. The predicted octanol–water partition coefficient (Wildman–Crippen LogP) is 2.23. The highest BCUT2D eigenvalue weighted by molar-refractivity contribution is 5.91. The zero-order valence-electron chi connectivity index (χ0n) is 11.2. The molecule has 0 aromatic heterocycles. The summed E-state index contributed by atoms with van der Waals surface area (Å²) in [7, 11) is 1.51. The molecule has 0 atom stereocenters. The largest absolute Gasteiger partial charge is 0.481 e. The van der Waals surface area contributed by atoms with Crippen LogP contribution in [0.5, 0.6) is 0 Å². The second-order valence-electron chi connectivity index (χ2n) is 5.14. The summed E-state index contributed by atoms with van der Waals surface area (Å²) in [4.78, 5) is 24.4. The topological polar surface area (TPSA) is 69.6 Å². The standard InChI is InChI=1S/C14H17FN2O3/c1-17(11-5-2-4-10(15)8-11)13(20)16-9-14(12(18)19)6-3-7-14/h2,4-5,8H,3,6-7,9H2,1H3,(H,16,20)(H,18,19). The summed E-state index contributed by atoms with van der Waals surface area (Å²) in [5.41, 5.74) is -0.418. The Kier molecular flexibility index (Phi) is 3.92. The molecule has 0 unspecified atom stereocenters. The maximum atomic E-state index is 13.1. The molecule has 0 bridgehead atoms. The summed E-state index contributed by atoms with van der Waals surface area (Å²) in [6.07, 6.45) is 2.01. The van der Waals surface area contributed by atoms with E-state index < -0.39 is 23.2 Å². The fourth-order valence-electron chi connectivity index (χ4n) is 2.24. The number of anilines is 1. The van der Waals surface area contributed by atoms with E-state index in [9.17, 15) is 19.1 Å². The Morgan fingerprint density at radius 3 is 2.65 bits per heavy atom. The quantitative estimate of drug-likeness (QED) is 0.888. The number of nitrogens with zero attached hydrogens (tertiary/aromatic N) is 1. The zero-order valence-corrected chi connectivity index (χ0v) is 11.2. The van der Waals surface area contributed by atoms with Gasteiger partial charge < -0.3 is 10.4 Å². The normalized spacial score (nSPS) is 16.1. The number of carbonyl (C=O) groups excluding carboxylic acids is 1. The van der Waals surface area contributed by atoms with E-state index in [-0.39, 0.29) is 6.54 Å². The number of carboxylic acid groups (broad SMARTS) is 1. The molecule has 2 rings (SSSR count). The van der Waals surface area contributed by atoms with Gasteiger partial charge in [0.15, 0.2) is 0 Å². The van der Waals surface area contributed by atoms with Crippen LogP contribution in [0.25, 0.3) is 0 Å². The lowest BCUT2D eigenvalue weighted by atomic mass is 9.69. The molecular weight excluding hydrogens is 263 g/mol. The highest BCUT2D eigenvalue weighted by atomic mass is 19.1. The Labute approximate surface area is 116 Å². The van der Waals surface area contributed by atoms with Gasteiger partial charge in [-0.2, -0.15) is 0 Å². The van der Waals surface area contributed by atoms with Crippen molar-refractivity contribution in [2.45, 2.75) is 19.3 Å². The van der Waals surface area contributed by atoms with Crippen LogP contribution in [0.3, 0.4) is 0 Å². The molecule has 0 aliphatic heterocycles. The van der Waals surface area contributed by atoms with Crippen molar-refractivity contribution < 1.29 is 19.1 Å². The van der Waals surface area contributed by atoms with E-state index in [4.69, 9.17) is 0 Å². The molecule has 1 saturated carbocycles. The van der Waals surface area contributed by atoms with E-state index in [2.05, 4.69) is 5.32 Å². The molecule has 0 saturated heterocycles. The van der Waals surface area contributed by atoms with Gasteiger partial charge in [0.25, 0.3) is 0 Å². The van der Waals surface area contributed by atoms with Gasteiger partial charge in [0.2, 0.25) is 0 Å². The Morgan fingerprint density at radius 1 is 1.45 bits per heavy atom. The first-order valence-electron chi connectivity index (χ1n) is 6.45. The number of nitrogens with one attached hydrogen (secondary N) is 1. The van der Waals surface area contributed by atoms with Crippen molar-refractivity contribution in [3.63, 3.8) is 0 Å². The van der Waals surface area contributed by atoms with E-state index in [1.54, 1.807) is 6.07 Å². The van der Waals surface area contributed by atoms with Gasteiger partial charge in [-0.15, -0.1) is 0 Å². The number of rotatable bonds is 4. The van der Waals surface area contributed by atoms with Crippen molar-refractivity contribution >= 4 is 17.7 Å². The van der Waals surface area contributed by atoms with Crippen LogP contribution in [-0.4, -0.2) is 30.7 Å². The van der Waals surface area contributed by atoms with Crippen molar-refractivity contribution in [3.8, 4) is 0 Å². The number of benzene rings is 1. The number of halogens is 1. The third-order valence-electron chi connectivity index (χ3n) is 3.84. The van der Waals surface area contributed by atoms with E-state index in [1.807, 2.05) is 0 Å². The molecule has 20 heavy (non-hydrogen) atoms. The van der Waals surface area contributed by atoms with Crippen LogP contribution < -0.4 is 10.2 Å². The molecule has 0 heterocycles. The van der Waals surface area contributed by atoms with Crippen LogP contribution in [0.1, 0.15) is 19.3 Å². The highest BCUT2D eigenvalue weighted by Gasteiger charge is 2.44. The number of amides is 2. The van der Waals surface area contributed by atoms with Crippen LogP contribution in [0.15, 0.2) is 24.3 Å². The lowest BCUT2D eigenvalue weighted by molar-refractivity contribution is -0.153. The summed E-state index contributed by atoms with van der Waals surface area (Å²) in [6.45, 7) is 0.0980. The van der Waals surface area contributed by atoms with Crippen LogP contribution in [0.2, 0.25) is 0 Å². The molecule has 1 aromatic rings. The summed E-state index contributed by atoms with van der Waals surface area (Å²) < 4.78 is 13.1. The van der Waals surface area contributed by atoms with Crippen LogP contribution >= 0.6 is 0 Å². The zero-order chi connectivity index (χ0) is 14.8. The van der Waals surface area contributed by atoms with Gasteiger partial charge in [-0.1, -0.05) is 12.5 Å². The second kappa shape index (κ2) is 5.48. The van der Waals surface area contributed by atoms with Gasteiger partial charge >= 0.3 is 12.0 Å². The molecule has 2 amide bonds. The Morgan fingerprint density at radius 2 is 2.15 bits per heavy atom. The monoisotopic (exact) mass is 280 g/mol. The summed E-state index contributed by atoms with van der Waals surface area (Å²) in [5.74, 6) is -1.30. The van der Waals surface area contributed by atoms with Crippen molar-refractivity contribution in [1.29, 1.82) is 0 Å². The molecule has 0 radical (unpaired) electrons. The molecule has 0 spiro atoms. The molecule has 2 N–H and O–H groups in total. The SMILES string of the molecule is CN(C(=O)NCC1(C(=O)O)CCC1)c1cccc(F)c1. The van der Waals surface area contributed by atoms with Gasteiger partial charge in [0, 0.05) is 19.3 Å². The number of carboxylic acids is 1. The summed E-state index contributed by atoms with van der Waals surface area (Å²) >= 11 is 0. The average Bonchev–Trinajstić information content (AvgIpc) is 2.35. The highest BCUT2D eigenvalue weighted by Crippen LogP contribution is 2.40. The number of aliphatic carboxylic acids is 1. The second-order valence-corrected chi connectivity index (χ2v) is 5.14. The molecule has 1 aromatic carbocycles. The van der Waals surface area contributed by atoms with E-state index in [0.29, 0.717) is 18.5 Å².